The number of fused-ring (bicyclic) bond motifs is 1. The van der Waals surface area contributed by atoms with Gasteiger partial charge in [-0.25, -0.2) is 0 Å². The van der Waals surface area contributed by atoms with Gasteiger partial charge in [0.2, 0.25) is 0 Å². The minimum absolute atomic E-state index is 0.129. The minimum atomic E-state index is -0.548. The number of nitrogens with one attached hydrogen (secondary N) is 1. The zero-order valence-corrected chi connectivity index (χ0v) is 11.9. The number of hydrogen-bond acceptors (Lipinski definition) is 4. The van der Waals surface area contributed by atoms with Gasteiger partial charge in [0.05, 0.1) is 11.1 Å². The van der Waals surface area contributed by atoms with E-state index < -0.39 is 5.91 Å². The van der Waals surface area contributed by atoms with E-state index in [1.807, 2.05) is 0 Å². The summed E-state index contributed by atoms with van der Waals surface area (Å²) in [5, 5.41) is 0.601. The number of pyridine rings is 1. The van der Waals surface area contributed by atoms with Crippen molar-refractivity contribution in [1.29, 1.82) is 0 Å². The zero-order chi connectivity index (χ0) is 15.7. The Morgan fingerprint density at radius 1 is 1.36 bits per heavy atom. The van der Waals surface area contributed by atoms with Crippen molar-refractivity contribution in [1.82, 2.24) is 4.98 Å². The van der Waals surface area contributed by atoms with Crippen molar-refractivity contribution in [2.24, 2.45) is 5.73 Å². The topological polar surface area (TPSA) is 98.3 Å². The predicted molar refractivity (Wildman–Crippen MR) is 80.9 cm³/mol. The molecule has 0 atom stereocenters. The van der Waals surface area contributed by atoms with E-state index in [0.717, 1.165) is 0 Å². The Kier molecular flexibility index (Phi) is 3.42. The highest BCUT2D eigenvalue weighted by atomic mass is 16.5. The van der Waals surface area contributed by atoms with E-state index in [2.05, 4.69) is 4.98 Å². The van der Waals surface area contributed by atoms with Crippen molar-refractivity contribution in [3.63, 3.8) is 0 Å². The molecule has 3 aromatic rings. The number of rotatable bonds is 4. The van der Waals surface area contributed by atoms with Crippen LogP contribution >= 0.6 is 0 Å². The summed E-state index contributed by atoms with van der Waals surface area (Å²) in [6.45, 7) is 1.81. The molecule has 0 bridgehead atoms. The van der Waals surface area contributed by atoms with Crippen molar-refractivity contribution < 1.29 is 13.9 Å². The third-order valence-corrected chi connectivity index (χ3v) is 3.38. The van der Waals surface area contributed by atoms with Crippen LogP contribution in [0.3, 0.4) is 0 Å². The fourth-order valence-corrected chi connectivity index (χ4v) is 2.33. The summed E-state index contributed by atoms with van der Waals surface area (Å²) < 4.78 is 11.1. The molecule has 1 amide bonds. The van der Waals surface area contributed by atoms with Crippen LogP contribution in [0.5, 0.6) is 5.75 Å². The minimum Gasteiger partial charge on any atom is -0.489 e. The van der Waals surface area contributed by atoms with E-state index in [0.29, 0.717) is 33.6 Å². The van der Waals surface area contributed by atoms with Gasteiger partial charge in [-0.3, -0.25) is 9.59 Å². The zero-order valence-electron chi connectivity index (χ0n) is 11.9. The number of carbonyl (C=O) groups excluding carboxylic acids is 1. The van der Waals surface area contributed by atoms with Gasteiger partial charge in [-0.05, 0) is 37.3 Å². The van der Waals surface area contributed by atoms with Gasteiger partial charge in [-0.15, -0.1) is 0 Å². The molecule has 0 aliphatic heterocycles. The number of amides is 1. The standard InChI is InChI=1S/C16H14N2O4/c1-9-14(15(17)19)12-7-11(4-5-13(12)22-9)21-8-10-3-2-6-18-16(10)20/h2-7H,8H2,1H3,(H2,17,19)(H,18,20). The molecule has 1 aromatic carbocycles. The number of hydrogen-bond donors (Lipinski definition) is 2. The molecular weight excluding hydrogens is 284 g/mol. The predicted octanol–water partition coefficient (Wildman–Crippen LogP) is 2.11. The second kappa shape index (κ2) is 5.40. The monoisotopic (exact) mass is 298 g/mol. The second-order valence-electron chi connectivity index (χ2n) is 4.87. The molecule has 0 saturated heterocycles. The molecule has 6 heteroatoms. The molecule has 3 rings (SSSR count). The lowest BCUT2D eigenvalue weighted by atomic mass is 10.1. The van der Waals surface area contributed by atoms with Crippen molar-refractivity contribution in [2.75, 3.05) is 0 Å². The number of aryl methyl sites for hydroxylation is 1. The Labute approximate surface area is 125 Å². The Morgan fingerprint density at radius 3 is 2.91 bits per heavy atom. The molecule has 0 saturated carbocycles. The Hall–Kier alpha value is -3.02. The molecule has 0 aliphatic rings. The van der Waals surface area contributed by atoms with Crippen molar-refractivity contribution in [3.05, 3.63) is 63.8 Å². The summed E-state index contributed by atoms with van der Waals surface area (Å²) in [7, 11) is 0. The quantitative estimate of drug-likeness (QED) is 0.770. The third-order valence-electron chi connectivity index (χ3n) is 3.38. The maximum absolute atomic E-state index is 11.6. The van der Waals surface area contributed by atoms with Gasteiger partial charge in [0.1, 0.15) is 23.7 Å². The number of benzene rings is 1. The van der Waals surface area contributed by atoms with Gasteiger partial charge in [-0.2, -0.15) is 0 Å². The Bertz CT molecular complexity index is 908. The largest absolute Gasteiger partial charge is 0.489 e. The first kappa shape index (κ1) is 13.9. The van der Waals surface area contributed by atoms with Gasteiger partial charge in [0.15, 0.2) is 0 Å². The lowest BCUT2D eigenvalue weighted by molar-refractivity contribution is 0.1000. The van der Waals surface area contributed by atoms with Crippen LogP contribution in [0.1, 0.15) is 21.7 Å². The van der Waals surface area contributed by atoms with Gasteiger partial charge in [0, 0.05) is 11.6 Å². The first-order chi connectivity index (χ1) is 10.6. The van der Waals surface area contributed by atoms with E-state index in [9.17, 15) is 9.59 Å². The highest BCUT2D eigenvalue weighted by Gasteiger charge is 2.16. The molecule has 2 aromatic heterocycles. The van der Waals surface area contributed by atoms with E-state index in [1.54, 1.807) is 43.5 Å². The average Bonchev–Trinajstić information content (AvgIpc) is 2.81. The summed E-state index contributed by atoms with van der Waals surface area (Å²) in [6, 6.07) is 8.53. The highest BCUT2D eigenvalue weighted by Crippen LogP contribution is 2.29. The number of H-pyrrole nitrogens is 1. The van der Waals surface area contributed by atoms with Crippen LogP contribution in [-0.2, 0) is 6.61 Å². The maximum atomic E-state index is 11.6. The molecule has 22 heavy (non-hydrogen) atoms. The molecule has 0 spiro atoms. The van der Waals surface area contributed by atoms with E-state index in [1.165, 1.54) is 0 Å². The molecule has 0 radical (unpaired) electrons. The van der Waals surface area contributed by atoms with Crippen molar-refractivity contribution in [2.45, 2.75) is 13.5 Å². The SMILES string of the molecule is Cc1oc2ccc(OCc3ccc[nH]c3=O)cc2c1C(N)=O. The van der Waals surface area contributed by atoms with E-state index in [4.69, 9.17) is 14.9 Å². The Morgan fingerprint density at radius 2 is 2.18 bits per heavy atom. The molecule has 112 valence electrons. The van der Waals surface area contributed by atoms with Gasteiger partial charge < -0.3 is 19.9 Å². The summed E-state index contributed by atoms with van der Waals surface area (Å²) in [5.41, 5.74) is 6.61. The average molecular weight is 298 g/mol. The number of furan rings is 1. The summed E-state index contributed by atoms with van der Waals surface area (Å²) in [5.74, 6) is 0.450. The van der Waals surface area contributed by atoms with Crippen LogP contribution < -0.4 is 16.0 Å². The molecule has 0 aliphatic carbocycles. The van der Waals surface area contributed by atoms with Gasteiger partial charge in [0.25, 0.3) is 11.5 Å². The molecule has 3 N–H and O–H groups in total. The number of primary amides is 1. The van der Waals surface area contributed by atoms with Crippen LogP contribution in [0.2, 0.25) is 0 Å². The summed E-state index contributed by atoms with van der Waals surface area (Å²) >= 11 is 0. The molecule has 2 heterocycles. The van der Waals surface area contributed by atoms with Crippen LogP contribution in [0.4, 0.5) is 0 Å². The molecule has 0 fully saturated rings. The fourth-order valence-electron chi connectivity index (χ4n) is 2.33. The third kappa shape index (κ3) is 2.46. The Balaban J connectivity index is 1.92. The second-order valence-corrected chi connectivity index (χ2v) is 4.87. The number of aromatic amines is 1. The maximum Gasteiger partial charge on any atom is 0.254 e. The van der Waals surface area contributed by atoms with Crippen LogP contribution in [0.25, 0.3) is 11.0 Å². The van der Waals surface area contributed by atoms with E-state index >= 15 is 0 Å². The summed E-state index contributed by atoms with van der Waals surface area (Å²) in [6.07, 6.45) is 1.56. The first-order valence-corrected chi connectivity index (χ1v) is 6.68. The first-order valence-electron chi connectivity index (χ1n) is 6.68. The number of ether oxygens (including phenoxy) is 1. The molecular formula is C16H14N2O4. The van der Waals surface area contributed by atoms with Crippen LogP contribution in [0.15, 0.2) is 45.7 Å². The fraction of sp³-hybridized carbons (Fsp3) is 0.125. The van der Waals surface area contributed by atoms with Gasteiger partial charge in [-0.1, -0.05) is 0 Å². The van der Waals surface area contributed by atoms with Crippen molar-refractivity contribution in [3.8, 4) is 5.75 Å². The lowest BCUT2D eigenvalue weighted by Crippen LogP contribution is -2.13. The normalized spacial score (nSPS) is 10.8. The van der Waals surface area contributed by atoms with Crippen LogP contribution in [0, 0.1) is 6.92 Å². The highest BCUT2D eigenvalue weighted by molar-refractivity contribution is 6.06. The number of carbonyl (C=O) groups is 1. The smallest absolute Gasteiger partial charge is 0.254 e. The van der Waals surface area contributed by atoms with Crippen LogP contribution in [-0.4, -0.2) is 10.9 Å². The number of aromatic nitrogens is 1. The molecule has 0 unspecified atom stereocenters. The molecule has 6 nitrogen and oxygen atoms in total. The summed E-state index contributed by atoms with van der Waals surface area (Å²) in [4.78, 5) is 25.7. The van der Waals surface area contributed by atoms with Gasteiger partial charge >= 0.3 is 0 Å². The van der Waals surface area contributed by atoms with Crippen molar-refractivity contribution >= 4 is 16.9 Å². The van der Waals surface area contributed by atoms with E-state index in [-0.39, 0.29) is 12.2 Å². The number of nitrogens with two attached hydrogens (primary N) is 1. The lowest BCUT2D eigenvalue weighted by Gasteiger charge is -2.05.